The van der Waals surface area contributed by atoms with Gasteiger partial charge in [0.15, 0.2) is 17.8 Å². The average molecular weight is 810 g/mol. The zero-order valence-electron chi connectivity index (χ0n) is 34.5. The molecular weight excluding hydrogens is 746 g/mol. The summed E-state index contributed by atoms with van der Waals surface area (Å²) in [6.07, 6.45) is -7.41. The molecule has 57 heavy (non-hydrogen) atoms. The summed E-state index contributed by atoms with van der Waals surface area (Å²) in [6, 6.07) is -0.329. The molecule has 322 valence electrons. The zero-order chi connectivity index (χ0) is 42.2. The molecule has 3 saturated heterocycles. The van der Waals surface area contributed by atoms with Gasteiger partial charge in [0.1, 0.15) is 17.8 Å². The molecule has 0 aromatic rings. The second-order valence-electron chi connectivity index (χ2n) is 19.4. The highest BCUT2D eigenvalue weighted by Crippen LogP contribution is 2.78. The summed E-state index contributed by atoms with van der Waals surface area (Å²) in [7, 11) is 0. The van der Waals surface area contributed by atoms with Gasteiger partial charge < -0.3 is 54.3 Å². The molecule has 0 amide bonds. The number of esters is 4. The standard InChI is InChI=1S/C41H63NO15/c1-10-19(3)34(47)56-33-28(46)27-23(17-42-16-18(2)11-12-25(42)38(27,9)50)24-15-39-32(40(24,33)51)30(54-22(6)45)29(53-21(5)44)31-36(39,7)14-13-26(41(31,52)57-39)55-35(48)37(8,49)20(4)43/h18-20,23-33,43,46,49-52H,10-17H2,1-9H3/t18-,19+,20+,23-,24+,25-,26-,27+,28-,29-,30+,31-,32+,33-,36+,37-,38+,39+,40-,41+/m1/s1. The maximum atomic E-state index is 13.9. The van der Waals surface area contributed by atoms with Gasteiger partial charge in [-0.05, 0) is 77.0 Å². The maximum absolute atomic E-state index is 13.9. The Hall–Kier alpha value is -2.44. The normalized spacial score (nSPS) is 50.4. The molecule has 7 rings (SSSR count). The van der Waals surface area contributed by atoms with Crippen LogP contribution in [0, 0.1) is 46.8 Å². The van der Waals surface area contributed by atoms with Crippen LogP contribution >= 0.6 is 0 Å². The maximum Gasteiger partial charge on any atom is 0.341 e. The van der Waals surface area contributed by atoms with Crippen LogP contribution in [0.25, 0.3) is 0 Å². The van der Waals surface area contributed by atoms with Gasteiger partial charge in [0.05, 0.1) is 41.2 Å². The second-order valence-corrected chi connectivity index (χ2v) is 19.4. The van der Waals surface area contributed by atoms with Crippen molar-refractivity contribution in [3.63, 3.8) is 0 Å². The average Bonchev–Trinajstić information content (AvgIpc) is 3.40. The van der Waals surface area contributed by atoms with E-state index in [0.29, 0.717) is 31.8 Å². The Bertz CT molecular complexity index is 1650. The van der Waals surface area contributed by atoms with E-state index in [4.69, 9.17) is 23.7 Å². The van der Waals surface area contributed by atoms with Gasteiger partial charge in [0.25, 0.3) is 0 Å². The van der Waals surface area contributed by atoms with Gasteiger partial charge in [-0.3, -0.25) is 19.3 Å². The van der Waals surface area contributed by atoms with E-state index in [9.17, 15) is 49.8 Å². The van der Waals surface area contributed by atoms with Crippen LogP contribution in [0.5, 0.6) is 0 Å². The summed E-state index contributed by atoms with van der Waals surface area (Å²) in [5.41, 5.74) is -9.03. The largest absolute Gasteiger partial charge is 0.458 e. The Morgan fingerprint density at radius 3 is 2.12 bits per heavy atom. The van der Waals surface area contributed by atoms with E-state index < -0.39 is 130 Å². The second kappa shape index (κ2) is 13.8. The van der Waals surface area contributed by atoms with Gasteiger partial charge >= 0.3 is 23.9 Å². The summed E-state index contributed by atoms with van der Waals surface area (Å²) >= 11 is 0. The van der Waals surface area contributed by atoms with E-state index >= 15 is 0 Å². The third kappa shape index (κ3) is 5.81. The van der Waals surface area contributed by atoms with Crippen LogP contribution in [0.4, 0.5) is 0 Å². The van der Waals surface area contributed by atoms with Gasteiger partial charge in [-0.25, -0.2) is 4.79 Å². The molecule has 0 radical (unpaired) electrons. The van der Waals surface area contributed by atoms with Gasteiger partial charge in [-0.2, -0.15) is 0 Å². The summed E-state index contributed by atoms with van der Waals surface area (Å²) in [5.74, 6) is -11.5. The molecule has 6 N–H and O–H groups in total. The smallest absolute Gasteiger partial charge is 0.341 e. The summed E-state index contributed by atoms with van der Waals surface area (Å²) in [6.45, 7) is 14.7. The van der Waals surface area contributed by atoms with E-state index in [1.165, 1.54) is 6.92 Å². The number of nitrogens with zero attached hydrogens (tertiary/aromatic N) is 1. The van der Waals surface area contributed by atoms with Crippen molar-refractivity contribution in [3.8, 4) is 0 Å². The van der Waals surface area contributed by atoms with Crippen LogP contribution in [-0.4, -0.2) is 143 Å². The van der Waals surface area contributed by atoms with Crippen LogP contribution in [0.3, 0.4) is 0 Å². The lowest BCUT2D eigenvalue weighted by molar-refractivity contribution is -0.301. The van der Waals surface area contributed by atoms with Gasteiger partial charge in [-0.1, -0.05) is 27.7 Å². The van der Waals surface area contributed by atoms with Crippen molar-refractivity contribution in [3.05, 3.63) is 0 Å². The summed E-state index contributed by atoms with van der Waals surface area (Å²) in [4.78, 5) is 55.6. The molecule has 4 aliphatic carbocycles. The van der Waals surface area contributed by atoms with Crippen LogP contribution < -0.4 is 0 Å². The minimum absolute atomic E-state index is 0.0170. The molecule has 4 saturated carbocycles. The fourth-order valence-electron chi connectivity index (χ4n) is 13.1. The molecule has 16 heteroatoms. The van der Waals surface area contributed by atoms with Crippen LogP contribution in [0.2, 0.25) is 0 Å². The molecule has 3 heterocycles. The van der Waals surface area contributed by atoms with E-state index in [1.54, 1.807) is 20.8 Å². The first-order valence-electron chi connectivity index (χ1n) is 20.8. The Morgan fingerprint density at radius 1 is 0.930 bits per heavy atom. The van der Waals surface area contributed by atoms with Crippen LogP contribution in [0.15, 0.2) is 0 Å². The number of piperidine rings is 2. The first-order chi connectivity index (χ1) is 26.3. The summed E-state index contributed by atoms with van der Waals surface area (Å²) in [5, 5.41) is 73.2. The fourth-order valence-corrected chi connectivity index (χ4v) is 13.1. The Morgan fingerprint density at radius 2 is 1.54 bits per heavy atom. The minimum atomic E-state index is -2.47. The SMILES string of the molecule is CC[C@H](C)C(=O)O[C@@H]1[C@H](O)[C@@H]2[C@H](CN3C[C@H](C)CC[C@@H]3[C@]2(C)O)[C@@H]2C[C@@]34O[C@@]5(O)[C@H](OC(=O)[C@](C)(O)[C@H](C)O)CC[C@@]3(C)[C@H]5[C@H](OC(C)=O)[C@H](OC(C)=O)[C@@H]4[C@@]12O. The van der Waals surface area contributed by atoms with Crippen LogP contribution in [0.1, 0.15) is 101 Å². The van der Waals surface area contributed by atoms with Crippen molar-refractivity contribution in [2.24, 2.45) is 46.8 Å². The van der Waals surface area contributed by atoms with Crippen molar-refractivity contribution < 1.29 is 73.5 Å². The lowest BCUT2D eigenvalue weighted by Crippen LogP contribution is -2.78. The highest BCUT2D eigenvalue weighted by Gasteiger charge is 2.90. The van der Waals surface area contributed by atoms with E-state index in [0.717, 1.165) is 27.2 Å². The first kappa shape index (κ1) is 42.7. The number of hydrogen-bond acceptors (Lipinski definition) is 16. The molecule has 16 nitrogen and oxygen atoms in total. The highest BCUT2D eigenvalue weighted by molar-refractivity contribution is 5.79. The summed E-state index contributed by atoms with van der Waals surface area (Å²) < 4.78 is 31.1. The van der Waals surface area contributed by atoms with Gasteiger partial charge in [-0.15, -0.1) is 0 Å². The minimum Gasteiger partial charge on any atom is -0.458 e. The quantitative estimate of drug-likeness (QED) is 0.145. The van der Waals surface area contributed by atoms with E-state index in [1.807, 2.05) is 6.92 Å². The molecule has 0 aromatic carbocycles. The number of fused-ring (bicyclic) bond motifs is 5. The van der Waals surface area contributed by atoms with Crippen molar-refractivity contribution in [2.45, 2.75) is 172 Å². The molecular formula is C41H63NO15. The van der Waals surface area contributed by atoms with Crippen molar-refractivity contribution in [1.82, 2.24) is 4.90 Å². The number of aliphatic hydroxyl groups excluding tert-OH is 2. The lowest BCUT2D eigenvalue weighted by atomic mass is 9.48. The Labute approximate surface area is 333 Å². The number of ether oxygens (including phenoxy) is 5. The molecule has 7 fully saturated rings. The predicted molar refractivity (Wildman–Crippen MR) is 196 cm³/mol. The topological polar surface area (TPSA) is 239 Å². The third-order valence-electron chi connectivity index (χ3n) is 16.1. The van der Waals surface area contributed by atoms with Crippen molar-refractivity contribution in [2.75, 3.05) is 13.1 Å². The van der Waals surface area contributed by atoms with Crippen LogP contribution in [-0.2, 0) is 42.9 Å². The molecule has 7 aliphatic rings. The monoisotopic (exact) mass is 809 g/mol. The fraction of sp³-hybridized carbons (Fsp3) is 0.902. The molecule has 1 spiro atoms. The van der Waals surface area contributed by atoms with Gasteiger partial charge in [0, 0.05) is 44.3 Å². The van der Waals surface area contributed by atoms with Crippen molar-refractivity contribution in [1.29, 1.82) is 0 Å². The number of carbonyl (C=O) groups is 4. The number of aliphatic hydroxyl groups is 6. The molecule has 3 aliphatic heterocycles. The molecule has 4 bridgehead atoms. The molecule has 0 unspecified atom stereocenters. The Balaban J connectivity index is 1.45. The zero-order valence-corrected chi connectivity index (χ0v) is 34.5. The highest BCUT2D eigenvalue weighted by atomic mass is 16.7. The molecule has 0 aromatic heterocycles. The van der Waals surface area contributed by atoms with E-state index in [-0.39, 0.29) is 25.3 Å². The van der Waals surface area contributed by atoms with E-state index in [2.05, 4.69) is 11.8 Å². The number of rotatable bonds is 8. The third-order valence-corrected chi connectivity index (χ3v) is 16.1. The van der Waals surface area contributed by atoms with Crippen molar-refractivity contribution >= 4 is 23.9 Å². The molecule has 20 atom stereocenters. The number of carbonyl (C=O) groups excluding carboxylic acids is 4. The van der Waals surface area contributed by atoms with Gasteiger partial charge in [0.2, 0.25) is 5.79 Å². The predicted octanol–water partition coefficient (Wildman–Crippen LogP) is 0.578. The number of hydrogen-bond donors (Lipinski definition) is 6. The Kier molecular flexibility index (Phi) is 10.3. The first-order valence-corrected chi connectivity index (χ1v) is 20.8. The lowest BCUT2D eigenvalue weighted by Gasteiger charge is -2.64.